The van der Waals surface area contributed by atoms with Crippen LogP contribution in [0.2, 0.25) is 0 Å². The van der Waals surface area contributed by atoms with Crippen LogP contribution in [0.3, 0.4) is 0 Å². The van der Waals surface area contributed by atoms with E-state index in [1.807, 2.05) is 0 Å². The lowest BCUT2D eigenvalue weighted by Crippen LogP contribution is -2.55. The molecule has 12 heteroatoms. The zero-order chi connectivity index (χ0) is 24.9. The molecule has 34 heavy (non-hydrogen) atoms. The molecule has 4 rings (SSSR count). The lowest BCUT2D eigenvalue weighted by molar-refractivity contribution is -0.137. The van der Waals surface area contributed by atoms with E-state index in [0.717, 1.165) is 24.3 Å². The molecule has 0 bridgehead atoms. The van der Waals surface area contributed by atoms with E-state index < -0.39 is 71.1 Å². The number of rotatable bonds is 5. The quantitative estimate of drug-likeness (QED) is 0.587. The first-order valence-electron chi connectivity index (χ1n) is 10.6. The Bertz CT molecular complexity index is 1220. The molecular formula is C22H22F5NO4S2. The van der Waals surface area contributed by atoms with Crippen LogP contribution in [0.4, 0.5) is 22.0 Å². The Morgan fingerprint density at radius 1 is 1.12 bits per heavy atom. The van der Waals surface area contributed by atoms with Crippen LogP contribution in [0.1, 0.15) is 37.3 Å². The Morgan fingerprint density at radius 2 is 1.76 bits per heavy atom. The summed E-state index contributed by atoms with van der Waals surface area (Å²) in [6, 6.07) is 4.28. The van der Waals surface area contributed by atoms with Crippen molar-refractivity contribution in [2.24, 2.45) is 5.92 Å². The second kappa shape index (κ2) is 8.87. The molecule has 1 heterocycles. The van der Waals surface area contributed by atoms with E-state index in [1.165, 1.54) is 0 Å². The highest BCUT2D eigenvalue weighted by Gasteiger charge is 2.59. The molecular weight excluding hydrogens is 501 g/mol. The summed E-state index contributed by atoms with van der Waals surface area (Å²) in [7, 11) is -5.87. The van der Waals surface area contributed by atoms with Gasteiger partial charge in [-0.25, -0.2) is 26.1 Å². The van der Waals surface area contributed by atoms with E-state index in [4.69, 9.17) is 4.74 Å². The Labute approximate surface area is 196 Å². The largest absolute Gasteiger partial charge is 0.490 e. The van der Waals surface area contributed by atoms with E-state index in [1.54, 1.807) is 6.92 Å². The van der Waals surface area contributed by atoms with Crippen molar-refractivity contribution < 1.29 is 39.3 Å². The van der Waals surface area contributed by atoms with Crippen molar-refractivity contribution in [3.8, 4) is 5.75 Å². The van der Waals surface area contributed by atoms with Gasteiger partial charge < -0.3 is 4.74 Å². The first kappa shape index (κ1) is 25.1. The maximum atomic E-state index is 15.2. The summed E-state index contributed by atoms with van der Waals surface area (Å²) in [4.78, 5) is -0.425. The molecule has 186 valence electrons. The van der Waals surface area contributed by atoms with Crippen LogP contribution >= 0.6 is 0 Å². The maximum Gasteiger partial charge on any atom is 0.416 e. The zero-order valence-corrected chi connectivity index (χ0v) is 19.6. The second-order valence-corrected chi connectivity index (χ2v) is 12.1. The number of hydrogen-bond donors (Lipinski definition) is 1. The van der Waals surface area contributed by atoms with Gasteiger partial charge in [0.25, 0.3) is 0 Å². The minimum Gasteiger partial charge on any atom is -0.490 e. The number of hydrogen-bond acceptors (Lipinski definition) is 4. The third-order valence-electron chi connectivity index (χ3n) is 6.54. The van der Waals surface area contributed by atoms with Gasteiger partial charge in [0, 0.05) is 17.7 Å². The lowest BCUT2D eigenvalue weighted by Gasteiger charge is -2.49. The average Bonchev–Trinajstić information content (AvgIpc) is 2.80. The molecule has 1 aliphatic carbocycles. The zero-order valence-electron chi connectivity index (χ0n) is 18.0. The molecule has 1 aliphatic heterocycles. The maximum absolute atomic E-state index is 15.2. The average molecular weight is 524 g/mol. The predicted octanol–water partition coefficient (Wildman–Crippen LogP) is 4.49. The van der Waals surface area contributed by atoms with Crippen molar-refractivity contribution in [2.45, 2.75) is 48.0 Å². The minimum absolute atomic E-state index is 0.140. The van der Waals surface area contributed by atoms with Crippen molar-refractivity contribution in [3.05, 3.63) is 59.2 Å². The van der Waals surface area contributed by atoms with Crippen molar-refractivity contribution >= 4 is 20.8 Å². The first-order valence-corrected chi connectivity index (χ1v) is 13.4. The minimum atomic E-state index is -4.66. The van der Waals surface area contributed by atoms with Gasteiger partial charge in [0.1, 0.15) is 10.6 Å². The van der Waals surface area contributed by atoms with Crippen LogP contribution in [-0.2, 0) is 31.7 Å². The van der Waals surface area contributed by atoms with Crippen LogP contribution in [0.5, 0.6) is 5.75 Å². The smallest absolute Gasteiger partial charge is 0.416 e. The highest BCUT2D eigenvalue weighted by atomic mass is 32.2. The molecule has 0 amide bonds. The number of sulfone groups is 1. The molecule has 0 saturated heterocycles. The number of halogens is 5. The van der Waals surface area contributed by atoms with Crippen molar-refractivity contribution in [2.75, 3.05) is 12.4 Å². The van der Waals surface area contributed by atoms with Gasteiger partial charge in [0.2, 0.25) is 0 Å². The summed E-state index contributed by atoms with van der Waals surface area (Å²) in [5.41, 5.74) is -1.47. The number of alkyl halides is 3. The topological polar surface area (TPSA) is 72.5 Å². The highest BCUT2D eigenvalue weighted by Crippen LogP contribution is 2.56. The SMILES string of the molecule is CCS(=O)N[C@@H]1CC[C@@]2(S(=O)(=O)c3ccc(C(F)(F)F)cc3)c3c(F)ccc(F)c3OC[C@H]2C1. The van der Waals surface area contributed by atoms with E-state index in [9.17, 15) is 30.2 Å². The molecule has 2 aliphatic rings. The van der Waals surface area contributed by atoms with Crippen molar-refractivity contribution in [1.29, 1.82) is 0 Å². The number of benzene rings is 2. The van der Waals surface area contributed by atoms with Crippen molar-refractivity contribution in [1.82, 2.24) is 4.72 Å². The van der Waals surface area contributed by atoms with Gasteiger partial charge in [0.15, 0.2) is 21.4 Å². The normalized spacial score (nSPS) is 25.7. The van der Waals surface area contributed by atoms with Gasteiger partial charge in [-0.2, -0.15) is 13.2 Å². The summed E-state index contributed by atoms with van der Waals surface area (Å²) in [6.07, 6.45) is -4.50. The molecule has 0 spiro atoms. The fourth-order valence-electron chi connectivity index (χ4n) is 4.93. The summed E-state index contributed by atoms with van der Waals surface area (Å²) < 4.78 is 115. The summed E-state index contributed by atoms with van der Waals surface area (Å²) in [6.45, 7) is 1.47. The number of fused-ring (bicyclic) bond motifs is 3. The van der Waals surface area contributed by atoms with Crippen LogP contribution in [0.15, 0.2) is 41.3 Å². The monoisotopic (exact) mass is 523 g/mol. The lowest BCUT2D eigenvalue weighted by atomic mass is 9.71. The molecule has 4 atom stereocenters. The van der Waals surface area contributed by atoms with Crippen LogP contribution in [-0.4, -0.2) is 31.0 Å². The standard InChI is InChI=1S/C22H22F5NO4S2/c1-2-33(29)28-15-9-10-21(34(30,31)16-5-3-13(4-6-16)22(25,26)27)14(11-15)12-32-20-18(24)8-7-17(23)19(20)21/h3-8,14-15,28H,2,9-12H2,1H3/t14-,15-,21+,33?/m1/s1. The molecule has 2 aromatic rings. The molecule has 1 saturated carbocycles. The number of nitrogens with one attached hydrogen (secondary N) is 1. The fraction of sp³-hybridized carbons (Fsp3) is 0.455. The Kier molecular flexibility index (Phi) is 6.54. The highest BCUT2D eigenvalue weighted by molar-refractivity contribution is 7.92. The Balaban J connectivity index is 1.87. The molecule has 1 unspecified atom stereocenters. The predicted molar refractivity (Wildman–Crippen MR) is 115 cm³/mol. The van der Waals surface area contributed by atoms with Gasteiger partial charge in [0.05, 0.1) is 33.6 Å². The fourth-order valence-corrected chi connectivity index (χ4v) is 8.04. The van der Waals surface area contributed by atoms with Gasteiger partial charge >= 0.3 is 6.18 Å². The molecule has 1 N–H and O–H groups in total. The number of ether oxygens (including phenoxy) is 1. The van der Waals surface area contributed by atoms with E-state index >= 15 is 4.39 Å². The summed E-state index contributed by atoms with van der Waals surface area (Å²) in [5.74, 6) is -2.93. The molecule has 1 fully saturated rings. The molecule has 5 nitrogen and oxygen atoms in total. The van der Waals surface area contributed by atoms with E-state index in [-0.39, 0.29) is 31.9 Å². The summed E-state index contributed by atoms with van der Waals surface area (Å²) in [5, 5.41) is 0. The van der Waals surface area contributed by atoms with Gasteiger partial charge in [-0.3, -0.25) is 0 Å². The van der Waals surface area contributed by atoms with Crippen LogP contribution < -0.4 is 9.46 Å². The van der Waals surface area contributed by atoms with E-state index in [0.29, 0.717) is 17.9 Å². The third-order valence-corrected chi connectivity index (χ3v) is 10.2. The van der Waals surface area contributed by atoms with Crippen LogP contribution in [0.25, 0.3) is 0 Å². The van der Waals surface area contributed by atoms with Crippen LogP contribution in [0, 0.1) is 17.6 Å². The van der Waals surface area contributed by atoms with E-state index in [2.05, 4.69) is 4.72 Å². The second-order valence-electron chi connectivity index (χ2n) is 8.38. The van der Waals surface area contributed by atoms with Gasteiger partial charge in [-0.15, -0.1) is 0 Å². The first-order chi connectivity index (χ1) is 15.9. The van der Waals surface area contributed by atoms with Gasteiger partial charge in [-0.1, -0.05) is 6.92 Å². The Hall–Kier alpha value is -2.05. The Morgan fingerprint density at radius 3 is 2.38 bits per heavy atom. The molecule has 2 aromatic carbocycles. The molecule has 0 radical (unpaired) electrons. The molecule has 0 aromatic heterocycles. The van der Waals surface area contributed by atoms with Crippen molar-refractivity contribution in [3.63, 3.8) is 0 Å². The summed E-state index contributed by atoms with van der Waals surface area (Å²) >= 11 is 0. The van der Waals surface area contributed by atoms with Gasteiger partial charge in [-0.05, 0) is 55.7 Å². The third kappa shape index (κ3) is 4.03.